The fourth-order valence-corrected chi connectivity index (χ4v) is 2.05. The van der Waals surface area contributed by atoms with Crippen LogP contribution in [0.15, 0.2) is 0 Å². The normalized spacial score (nSPS) is 35.6. The van der Waals surface area contributed by atoms with Gasteiger partial charge in [-0.25, -0.2) is 0 Å². The Morgan fingerprint density at radius 3 is 3.18 bits per heavy atom. The summed E-state index contributed by atoms with van der Waals surface area (Å²) in [6.45, 7) is 2.59. The van der Waals surface area contributed by atoms with Crippen LogP contribution in [-0.2, 0) is 9.47 Å². The molecule has 2 aliphatic heterocycles. The lowest BCUT2D eigenvalue weighted by Crippen LogP contribution is -2.63. The number of hydrazine groups is 1. The van der Waals surface area contributed by atoms with Crippen LogP contribution < -0.4 is 10.9 Å². The van der Waals surface area contributed by atoms with Crippen molar-refractivity contribution < 1.29 is 24.1 Å². The smallest absolute Gasteiger partial charge is 0.386 e. The van der Waals surface area contributed by atoms with E-state index in [1.807, 2.05) is 0 Å². The van der Waals surface area contributed by atoms with E-state index in [9.17, 15) is 9.90 Å². The van der Waals surface area contributed by atoms with E-state index in [1.54, 1.807) is 6.92 Å². The van der Waals surface area contributed by atoms with E-state index in [-0.39, 0.29) is 19.3 Å². The Kier molecular flexibility index (Phi) is 3.38. The summed E-state index contributed by atoms with van der Waals surface area (Å²) >= 11 is 0. The lowest BCUT2D eigenvalue weighted by atomic mass is 10.0. The predicted octanol–water partition coefficient (Wildman–Crippen LogP) is -0.860. The Morgan fingerprint density at radius 2 is 2.47 bits per heavy atom. The van der Waals surface area contributed by atoms with Crippen LogP contribution in [0.2, 0.25) is 0 Å². The van der Waals surface area contributed by atoms with Crippen molar-refractivity contribution in [3.05, 3.63) is 0 Å². The molecule has 8 heteroatoms. The summed E-state index contributed by atoms with van der Waals surface area (Å²) in [4.78, 5) is 11.4. The van der Waals surface area contributed by atoms with Crippen LogP contribution in [0.5, 0.6) is 0 Å². The second kappa shape index (κ2) is 4.65. The van der Waals surface area contributed by atoms with Crippen LogP contribution in [0.3, 0.4) is 0 Å². The number of ether oxygens (including phenoxy) is 2. The van der Waals surface area contributed by atoms with Gasteiger partial charge in [0, 0.05) is 6.42 Å². The first-order valence-corrected chi connectivity index (χ1v) is 5.59. The number of fused-ring (bicyclic) bond motifs is 1. The van der Waals surface area contributed by atoms with E-state index in [0.29, 0.717) is 13.0 Å². The second-order valence-corrected chi connectivity index (χ2v) is 4.07. The number of aliphatic hydroxyl groups is 1. The fourth-order valence-electron chi connectivity index (χ4n) is 2.05. The molecule has 0 radical (unpaired) electrons. The number of hydrogen-bond donors (Lipinski definition) is 4. The quantitative estimate of drug-likeness (QED) is 0.294. The van der Waals surface area contributed by atoms with Crippen LogP contribution in [0.1, 0.15) is 13.3 Å². The highest BCUT2D eigenvalue weighted by atomic mass is 16.6. The topological polar surface area (TPSA) is 107 Å². The summed E-state index contributed by atoms with van der Waals surface area (Å²) in [6, 6.07) is -0.602. The molecule has 3 unspecified atom stereocenters. The van der Waals surface area contributed by atoms with Crippen LogP contribution in [0.4, 0.5) is 4.79 Å². The van der Waals surface area contributed by atoms with Crippen LogP contribution in [-0.4, -0.2) is 53.5 Å². The van der Waals surface area contributed by atoms with Gasteiger partial charge >= 0.3 is 6.03 Å². The molecule has 4 N–H and O–H groups in total. The van der Waals surface area contributed by atoms with Crippen LogP contribution >= 0.6 is 0 Å². The van der Waals surface area contributed by atoms with Gasteiger partial charge in [-0.15, -0.1) is 15.7 Å². The summed E-state index contributed by atoms with van der Waals surface area (Å²) in [7, 11) is 0. The number of carbonyl (C=O) groups excluding carboxylic acids is 1. The standard InChI is InChI=1S/C9H16N4O4/c1-2-13(10)8(15)11-12-9-6(14)5-16-7(9)3-4-17-9/h6-7,14H,2-5,10H2,1H3/p+1. The number of urea groups is 1. The van der Waals surface area contributed by atoms with Gasteiger partial charge in [-0.3, -0.25) is 0 Å². The zero-order valence-electron chi connectivity index (χ0n) is 9.60. The number of nitrogens with zero attached hydrogens (tertiary/aromatic N) is 1. The number of carbonyl (C=O) groups is 1. The van der Waals surface area contributed by atoms with Crippen molar-refractivity contribution >= 4 is 6.03 Å². The lowest BCUT2D eigenvalue weighted by molar-refractivity contribution is -0.519. The molecule has 0 aromatic rings. The van der Waals surface area contributed by atoms with Gasteiger partial charge < -0.3 is 14.6 Å². The molecule has 0 spiro atoms. The number of amides is 2. The third kappa shape index (κ3) is 2.04. The van der Waals surface area contributed by atoms with Gasteiger partial charge in [0.05, 0.1) is 13.2 Å². The fraction of sp³-hybridized carbons (Fsp3) is 0.889. The number of aliphatic hydroxyl groups excluding tert-OH is 1. The minimum Gasteiger partial charge on any atom is -0.386 e. The van der Waals surface area contributed by atoms with E-state index >= 15 is 0 Å². The molecule has 0 bridgehead atoms. The maximum Gasteiger partial charge on any atom is 0.529 e. The van der Waals surface area contributed by atoms with E-state index < -0.39 is 17.9 Å². The maximum atomic E-state index is 11.4. The molecule has 96 valence electrons. The molecule has 8 nitrogen and oxygen atoms in total. The van der Waals surface area contributed by atoms with Gasteiger partial charge in [0.2, 0.25) is 5.72 Å². The van der Waals surface area contributed by atoms with Gasteiger partial charge in [0.1, 0.15) is 18.8 Å². The van der Waals surface area contributed by atoms with Gasteiger partial charge in [-0.05, 0) is 6.92 Å². The molecule has 17 heavy (non-hydrogen) atoms. The Morgan fingerprint density at radius 1 is 1.71 bits per heavy atom. The summed E-state index contributed by atoms with van der Waals surface area (Å²) < 4.78 is 11.6. The van der Waals surface area contributed by atoms with E-state index in [0.717, 1.165) is 4.70 Å². The monoisotopic (exact) mass is 245 g/mol. The van der Waals surface area contributed by atoms with E-state index in [4.69, 9.17) is 15.0 Å². The first-order valence-electron chi connectivity index (χ1n) is 5.59. The summed E-state index contributed by atoms with van der Waals surface area (Å²) in [5, 5.41) is 9.83. The van der Waals surface area contributed by atoms with E-state index in [1.165, 1.54) is 0 Å². The largest absolute Gasteiger partial charge is 0.529 e. The van der Waals surface area contributed by atoms with Crippen LogP contribution in [0, 0.1) is 5.53 Å². The Balaban J connectivity index is 1.97. The SMILES string of the molecule is CC[N+](=N)C(=O)NNC12OCCC1OCC2O. The molecular formula is C9H17N4O4+. The Labute approximate surface area is 98.3 Å². The minimum atomic E-state index is -1.08. The number of rotatable bonds is 3. The van der Waals surface area contributed by atoms with Crippen molar-refractivity contribution in [2.75, 3.05) is 19.8 Å². The predicted molar refractivity (Wildman–Crippen MR) is 54.2 cm³/mol. The zero-order chi connectivity index (χ0) is 12.5. The molecule has 2 aliphatic rings. The third-order valence-corrected chi connectivity index (χ3v) is 3.08. The highest BCUT2D eigenvalue weighted by Crippen LogP contribution is 2.34. The third-order valence-electron chi connectivity index (χ3n) is 3.08. The molecule has 2 saturated heterocycles. The summed E-state index contributed by atoms with van der Waals surface area (Å²) in [5.41, 5.74) is 11.2. The molecular weight excluding hydrogens is 228 g/mol. The van der Waals surface area contributed by atoms with Crippen LogP contribution in [0.25, 0.3) is 0 Å². The lowest BCUT2D eigenvalue weighted by Gasteiger charge is -2.28. The Bertz CT molecular complexity index is 337. The molecule has 0 aromatic carbocycles. The van der Waals surface area contributed by atoms with Crippen molar-refractivity contribution in [3.8, 4) is 0 Å². The molecule has 0 aromatic heterocycles. The molecule has 2 fully saturated rings. The molecule has 0 aliphatic carbocycles. The summed E-state index contributed by atoms with van der Waals surface area (Å²) in [5.74, 6) is 0. The Hall–Kier alpha value is -1.09. The maximum absolute atomic E-state index is 11.4. The average Bonchev–Trinajstić information content (AvgIpc) is 2.87. The van der Waals surface area contributed by atoms with Gasteiger partial charge in [0.25, 0.3) is 0 Å². The van der Waals surface area contributed by atoms with Crippen molar-refractivity contribution in [3.63, 3.8) is 0 Å². The zero-order valence-corrected chi connectivity index (χ0v) is 9.60. The van der Waals surface area contributed by atoms with Gasteiger partial charge in [-0.1, -0.05) is 0 Å². The second-order valence-electron chi connectivity index (χ2n) is 4.07. The van der Waals surface area contributed by atoms with Crippen molar-refractivity contribution in [1.82, 2.24) is 10.9 Å². The highest BCUT2D eigenvalue weighted by molar-refractivity contribution is 5.63. The first-order chi connectivity index (χ1) is 8.10. The van der Waals surface area contributed by atoms with Crippen molar-refractivity contribution in [1.29, 1.82) is 5.53 Å². The summed E-state index contributed by atoms with van der Waals surface area (Å²) in [6.07, 6.45) is -0.451. The average molecular weight is 245 g/mol. The molecule has 2 rings (SSSR count). The first kappa shape index (κ1) is 12.4. The van der Waals surface area contributed by atoms with Crippen molar-refractivity contribution in [2.24, 2.45) is 0 Å². The molecule has 2 amide bonds. The molecule has 3 atom stereocenters. The van der Waals surface area contributed by atoms with Crippen molar-refractivity contribution in [2.45, 2.75) is 31.3 Å². The molecule has 2 heterocycles. The van der Waals surface area contributed by atoms with Gasteiger partial charge in [0.15, 0.2) is 0 Å². The van der Waals surface area contributed by atoms with E-state index in [2.05, 4.69) is 10.9 Å². The minimum absolute atomic E-state index is 0.173. The molecule has 0 saturated carbocycles. The number of hydrogen-bond acceptors (Lipinski definition) is 6. The van der Waals surface area contributed by atoms with Gasteiger partial charge in [-0.2, -0.15) is 10.2 Å². The number of nitrogens with one attached hydrogen (secondary N) is 3. The highest BCUT2D eigenvalue weighted by Gasteiger charge is 2.57.